The van der Waals surface area contributed by atoms with Crippen LogP contribution < -0.4 is 4.90 Å². The predicted octanol–water partition coefficient (Wildman–Crippen LogP) is 3.20. The van der Waals surface area contributed by atoms with E-state index in [1.165, 1.54) is 11.0 Å². The van der Waals surface area contributed by atoms with Gasteiger partial charge in [-0.25, -0.2) is 0 Å². The number of unbranched alkanes of at least 4 members (excludes halogenated alkanes) is 1. The molecule has 0 radical (unpaired) electrons. The highest BCUT2D eigenvalue weighted by Gasteiger charge is 2.50. The number of allylic oxidation sites excluding steroid dienone is 1. The van der Waals surface area contributed by atoms with Crippen LogP contribution in [0.3, 0.4) is 0 Å². The largest absolute Gasteiger partial charge is 0.375 e. The smallest absolute Gasteiger partial charge is 0.264 e. The van der Waals surface area contributed by atoms with Gasteiger partial charge < -0.3 is 10.0 Å². The van der Waals surface area contributed by atoms with Gasteiger partial charge in [-0.15, -0.1) is 0 Å². The van der Waals surface area contributed by atoms with Crippen molar-refractivity contribution in [2.45, 2.75) is 24.9 Å². The summed E-state index contributed by atoms with van der Waals surface area (Å²) in [5.41, 5.74) is 0.0340. The third kappa shape index (κ3) is 3.81. The van der Waals surface area contributed by atoms with Crippen molar-refractivity contribution >= 4 is 23.5 Å². The van der Waals surface area contributed by atoms with E-state index >= 15 is 0 Å². The lowest BCUT2D eigenvalue weighted by Crippen LogP contribution is -2.42. The Labute approximate surface area is 158 Å². The van der Waals surface area contributed by atoms with Crippen molar-refractivity contribution in [3.8, 4) is 6.07 Å². The summed E-state index contributed by atoms with van der Waals surface area (Å²) in [5, 5.41) is 19.8. The van der Waals surface area contributed by atoms with Crippen molar-refractivity contribution in [1.82, 2.24) is 0 Å². The van der Waals surface area contributed by atoms with Crippen molar-refractivity contribution in [2.24, 2.45) is 0 Å². The van der Waals surface area contributed by atoms with Crippen LogP contribution in [0.2, 0.25) is 0 Å². The SMILES string of the molecule is N#CCCCN1C(=O)C(O)(CC(=O)/C=C/c2ccccc2)c2ccccc21. The van der Waals surface area contributed by atoms with Gasteiger partial charge in [0.1, 0.15) is 0 Å². The molecule has 5 nitrogen and oxygen atoms in total. The Morgan fingerprint density at radius 1 is 1.15 bits per heavy atom. The number of ketones is 1. The number of aliphatic hydroxyl groups is 1. The maximum atomic E-state index is 12.9. The van der Waals surface area contributed by atoms with E-state index in [0.717, 1.165) is 5.56 Å². The molecule has 0 spiro atoms. The fraction of sp³-hybridized carbons (Fsp3) is 0.227. The van der Waals surface area contributed by atoms with Gasteiger partial charge in [0, 0.05) is 18.5 Å². The minimum absolute atomic E-state index is 0.319. The van der Waals surface area contributed by atoms with Gasteiger partial charge in [-0.05, 0) is 24.1 Å². The van der Waals surface area contributed by atoms with Gasteiger partial charge in [-0.3, -0.25) is 9.59 Å². The Morgan fingerprint density at radius 3 is 2.59 bits per heavy atom. The minimum Gasteiger partial charge on any atom is -0.375 e. The number of nitriles is 1. The number of anilines is 1. The average Bonchev–Trinajstić information content (AvgIpc) is 2.89. The van der Waals surface area contributed by atoms with Gasteiger partial charge in [0.2, 0.25) is 0 Å². The molecule has 5 heteroatoms. The van der Waals surface area contributed by atoms with E-state index in [-0.39, 0.29) is 12.2 Å². The Morgan fingerprint density at radius 2 is 1.85 bits per heavy atom. The summed E-state index contributed by atoms with van der Waals surface area (Å²) in [7, 11) is 0. The summed E-state index contributed by atoms with van der Waals surface area (Å²) < 4.78 is 0. The fourth-order valence-electron chi connectivity index (χ4n) is 3.28. The van der Waals surface area contributed by atoms with Gasteiger partial charge >= 0.3 is 0 Å². The second kappa shape index (κ2) is 7.98. The highest BCUT2D eigenvalue weighted by molar-refractivity contribution is 6.10. The molecule has 0 aromatic heterocycles. The highest BCUT2D eigenvalue weighted by atomic mass is 16.3. The summed E-state index contributed by atoms with van der Waals surface area (Å²) in [6, 6.07) is 18.4. The molecule has 2 aromatic carbocycles. The zero-order valence-electron chi connectivity index (χ0n) is 14.8. The normalized spacial score (nSPS) is 18.5. The van der Waals surface area contributed by atoms with E-state index in [4.69, 9.17) is 5.26 Å². The molecule has 2 aromatic rings. The molecule has 1 aliphatic rings. The van der Waals surface area contributed by atoms with Crippen molar-refractivity contribution in [3.05, 3.63) is 71.8 Å². The van der Waals surface area contributed by atoms with Gasteiger partial charge in [-0.2, -0.15) is 5.26 Å². The maximum absolute atomic E-state index is 12.9. The average molecular weight is 360 g/mol. The molecule has 0 saturated carbocycles. The number of amides is 1. The fourth-order valence-corrected chi connectivity index (χ4v) is 3.28. The lowest BCUT2D eigenvalue weighted by atomic mass is 9.89. The molecule has 1 aliphatic heterocycles. The van der Waals surface area contributed by atoms with E-state index in [9.17, 15) is 14.7 Å². The number of fused-ring (bicyclic) bond motifs is 1. The van der Waals surface area contributed by atoms with Crippen LogP contribution >= 0.6 is 0 Å². The molecule has 0 fully saturated rings. The lowest BCUT2D eigenvalue weighted by molar-refractivity contribution is -0.140. The molecule has 1 unspecified atom stereocenters. The third-order valence-electron chi connectivity index (χ3n) is 4.60. The van der Waals surface area contributed by atoms with Crippen LogP contribution in [0.25, 0.3) is 6.08 Å². The number of para-hydroxylation sites is 1. The second-order valence-electron chi connectivity index (χ2n) is 6.48. The summed E-state index contributed by atoms with van der Waals surface area (Å²) in [6.45, 7) is 0.333. The number of hydrogen-bond donors (Lipinski definition) is 1. The van der Waals surface area contributed by atoms with Crippen LogP contribution in [0.15, 0.2) is 60.7 Å². The summed E-state index contributed by atoms with van der Waals surface area (Å²) in [6.07, 6.45) is 3.57. The third-order valence-corrected chi connectivity index (χ3v) is 4.60. The molecular formula is C22H20N2O3. The molecule has 1 amide bonds. The standard InChI is InChI=1S/C22H20N2O3/c23-14-6-7-15-24-20-11-5-4-10-19(20)22(27,21(24)26)16-18(25)13-12-17-8-2-1-3-9-17/h1-5,8-13,27H,6-7,15-16H2/b13-12+. The summed E-state index contributed by atoms with van der Waals surface area (Å²) in [4.78, 5) is 26.8. The maximum Gasteiger partial charge on any atom is 0.264 e. The number of rotatable bonds is 7. The first kappa shape index (κ1) is 18.6. The van der Waals surface area contributed by atoms with Crippen molar-refractivity contribution < 1.29 is 14.7 Å². The Bertz CT molecular complexity index is 915. The van der Waals surface area contributed by atoms with E-state index < -0.39 is 11.5 Å². The van der Waals surface area contributed by atoms with E-state index in [1.807, 2.05) is 30.3 Å². The van der Waals surface area contributed by atoms with Crippen LogP contribution in [-0.2, 0) is 15.2 Å². The van der Waals surface area contributed by atoms with E-state index in [2.05, 4.69) is 6.07 Å². The number of carbonyl (C=O) groups is 2. The molecule has 3 rings (SSSR count). The van der Waals surface area contributed by atoms with Gasteiger partial charge in [0.25, 0.3) is 5.91 Å². The Hall–Kier alpha value is -3.23. The predicted molar refractivity (Wildman–Crippen MR) is 103 cm³/mol. The first-order valence-electron chi connectivity index (χ1n) is 8.83. The van der Waals surface area contributed by atoms with Crippen LogP contribution in [0.1, 0.15) is 30.4 Å². The van der Waals surface area contributed by atoms with E-state index in [1.54, 1.807) is 30.3 Å². The van der Waals surface area contributed by atoms with Crippen LogP contribution in [0.4, 0.5) is 5.69 Å². The van der Waals surface area contributed by atoms with Gasteiger partial charge in [0.05, 0.1) is 18.2 Å². The quantitative estimate of drug-likeness (QED) is 0.607. The molecule has 136 valence electrons. The molecular weight excluding hydrogens is 340 g/mol. The molecule has 27 heavy (non-hydrogen) atoms. The Kier molecular flexibility index (Phi) is 5.49. The topological polar surface area (TPSA) is 81.4 Å². The lowest BCUT2D eigenvalue weighted by Gasteiger charge is -2.22. The Balaban J connectivity index is 1.81. The second-order valence-corrected chi connectivity index (χ2v) is 6.48. The molecule has 1 atom stereocenters. The van der Waals surface area contributed by atoms with Crippen molar-refractivity contribution in [3.63, 3.8) is 0 Å². The van der Waals surface area contributed by atoms with Gasteiger partial charge in [0.15, 0.2) is 11.4 Å². The highest BCUT2D eigenvalue weighted by Crippen LogP contribution is 2.42. The zero-order valence-corrected chi connectivity index (χ0v) is 14.8. The number of benzene rings is 2. The summed E-state index contributed by atoms with van der Waals surface area (Å²) in [5.74, 6) is -0.841. The number of carbonyl (C=O) groups excluding carboxylic acids is 2. The molecule has 1 N–H and O–H groups in total. The monoisotopic (exact) mass is 360 g/mol. The van der Waals surface area contributed by atoms with Crippen LogP contribution in [-0.4, -0.2) is 23.3 Å². The van der Waals surface area contributed by atoms with Gasteiger partial charge in [-0.1, -0.05) is 54.6 Å². The molecule has 0 bridgehead atoms. The minimum atomic E-state index is -1.87. The zero-order chi connectivity index (χ0) is 19.3. The van der Waals surface area contributed by atoms with Crippen LogP contribution in [0.5, 0.6) is 0 Å². The molecule has 0 saturated heterocycles. The van der Waals surface area contributed by atoms with E-state index in [0.29, 0.717) is 30.6 Å². The summed E-state index contributed by atoms with van der Waals surface area (Å²) >= 11 is 0. The molecule has 1 heterocycles. The molecule has 0 aliphatic carbocycles. The van der Waals surface area contributed by atoms with Crippen molar-refractivity contribution in [1.29, 1.82) is 5.26 Å². The number of nitrogens with zero attached hydrogens (tertiary/aromatic N) is 2. The first-order valence-corrected chi connectivity index (χ1v) is 8.83. The first-order chi connectivity index (χ1) is 13.1. The van der Waals surface area contributed by atoms with Crippen molar-refractivity contribution in [2.75, 3.05) is 11.4 Å². The van der Waals surface area contributed by atoms with Crippen LogP contribution in [0, 0.1) is 11.3 Å². The number of hydrogen-bond acceptors (Lipinski definition) is 4.